The summed E-state index contributed by atoms with van der Waals surface area (Å²) >= 11 is 0. The number of anilines is 2. The number of rotatable bonds is 2. The van der Waals surface area contributed by atoms with E-state index >= 15 is 0 Å². The molecule has 0 saturated heterocycles. The molecule has 3 heterocycles. The average Bonchev–Trinajstić information content (AvgIpc) is 3.09. The number of nitrogens with zero attached hydrogens (tertiary/aromatic N) is 3. The molecule has 0 radical (unpaired) electrons. The van der Waals surface area contributed by atoms with E-state index in [2.05, 4.69) is 60.1 Å². The van der Waals surface area contributed by atoms with Crippen molar-refractivity contribution in [2.45, 2.75) is 26.8 Å². The lowest BCUT2D eigenvalue weighted by molar-refractivity contribution is 0.708. The fourth-order valence-corrected chi connectivity index (χ4v) is 4.23. The lowest BCUT2D eigenvalue weighted by atomic mass is 10.0. The molecular formula is C23H23N5. The van der Waals surface area contributed by atoms with Crippen LogP contribution in [0.1, 0.15) is 22.4 Å². The van der Waals surface area contributed by atoms with Crippen LogP contribution in [0.4, 0.5) is 11.5 Å². The third-order valence-electron chi connectivity index (χ3n) is 5.69. The van der Waals surface area contributed by atoms with Crippen LogP contribution >= 0.6 is 0 Å². The second-order valence-corrected chi connectivity index (χ2v) is 7.52. The maximum Gasteiger partial charge on any atom is 0.162 e. The second-order valence-electron chi connectivity index (χ2n) is 7.52. The van der Waals surface area contributed by atoms with Crippen LogP contribution in [0.25, 0.3) is 22.3 Å². The molecule has 5 rings (SSSR count). The Morgan fingerprint density at radius 1 is 1.00 bits per heavy atom. The summed E-state index contributed by atoms with van der Waals surface area (Å²) in [6.45, 7) is 5.93. The van der Waals surface area contributed by atoms with Crippen LogP contribution in [0.3, 0.4) is 0 Å². The summed E-state index contributed by atoms with van der Waals surface area (Å²) in [5, 5.41) is 1.17. The third kappa shape index (κ3) is 2.62. The largest absolute Gasteiger partial charge is 0.383 e. The molecule has 5 heteroatoms. The third-order valence-corrected chi connectivity index (χ3v) is 5.69. The maximum absolute atomic E-state index is 6.43. The highest BCUT2D eigenvalue weighted by atomic mass is 15.1. The Kier molecular flexibility index (Phi) is 3.83. The van der Waals surface area contributed by atoms with Crippen LogP contribution in [0.2, 0.25) is 0 Å². The Bertz CT molecular complexity index is 1190. The van der Waals surface area contributed by atoms with E-state index in [4.69, 9.17) is 15.7 Å². The predicted molar refractivity (Wildman–Crippen MR) is 114 cm³/mol. The number of nitrogens with one attached hydrogen (secondary N) is 1. The van der Waals surface area contributed by atoms with E-state index in [1.165, 1.54) is 22.2 Å². The lowest BCUT2D eigenvalue weighted by Crippen LogP contribution is -2.32. The fourth-order valence-electron chi connectivity index (χ4n) is 4.23. The molecule has 0 amide bonds. The van der Waals surface area contributed by atoms with Gasteiger partial charge in [-0.25, -0.2) is 9.97 Å². The first-order chi connectivity index (χ1) is 13.6. The standard InChI is InChI=1S/C23H23N5/c1-14-6-3-4-9-20(14)28-11-10-18-17(13-28)22(24)27-23(26-18)16-7-5-8-19-21(16)15(2)12-25-19/h3-9,12,25H,10-11,13H2,1-2H3,(H2,24,26,27). The van der Waals surface area contributed by atoms with Crippen molar-refractivity contribution in [3.05, 3.63) is 71.0 Å². The lowest BCUT2D eigenvalue weighted by Gasteiger charge is -2.32. The topological polar surface area (TPSA) is 70.8 Å². The highest BCUT2D eigenvalue weighted by Crippen LogP contribution is 2.33. The first-order valence-corrected chi connectivity index (χ1v) is 9.64. The van der Waals surface area contributed by atoms with Crippen LogP contribution in [0, 0.1) is 13.8 Å². The molecule has 0 saturated carbocycles. The van der Waals surface area contributed by atoms with E-state index in [-0.39, 0.29) is 0 Å². The zero-order valence-electron chi connectivity index (χ0n) is 16.2. The van der Waals surface area contributed by atoms with Crippen molar-refractivity contribution >= 4 is 22.4 Å². The molecule has 5 nitrogen and oxygen atoms in total. The smallest absolute Gasteiger partial charge is 0.162 e. The minimum absolute atomic E-state index is 0.587. The molecule has 0 aliphatic carbocycles. The van der Waals surface area contributed by atoms with Gasteiger partial charge in [0.15, 0.2) is 5.82 Å². The van der Waals surface area contributed by atoms with Gasteiger partial charge in [-0.3, -0.25) is 0 Å². The number of aryl methyl sites for hydroxylation is 2. The van der Waals surface area contributed by atoms with Crippen molar-refractivity contribution in [1.82, 2.24) is 15.0 Å². The monoisotopic (exact) mass is 369 g/mol. The number of hydrogen-bond acceptors (Lipinski definition) is 4. The van der Waals surface area contributed by atoms with Crippen LogP contribution < -0.4 is 10.6 Å². The molecule has 0 spiro atoms. The molecule has 0 fully saturated rings. The highest BCUT2D eigenvalue weighted by Gasteiger charge is 2.23. The average molecular weight is 369 g/mol. The normalized spacial score (nSPS) is 13.7. The van der Waals surface area contributed by atoms with Crippen molar-refractivity contribution in [2.75, 3.05) is 17.2 Å². The number of para-hydroxylation sites is 1. The summed E-state index contributed by atoms with van der Waals surface area (Å²) in [4.78, 5) is 15.3. The van der Waals surface area contributed by atoms with Crippen LogP contribution in [0.5, 0.6) is 0 Å². The number of aromatic nitrogens is 3. The Morgan fingerprint density at radius 3 is 2.71 bits per heavy atom. The summed E-state index contributed by atoms with van der Waals surface area (Å²) < 4.78 is 0. The van der Waals surface area contributed by atoms with Crippen molar-refractivity contribution in [1.29, 1.82) is 0 Å². The van der Waals surface area contributed by atoms with E-state index in [1.54, 1.807) is 0 Å². The predicted octanol–water partition coefficient (Wildman–Crippen LogP) is 4.39. The molecule has 0 atom stereocenters. The number of hydrogen-bond donors (Lipinski definition) is 2. The van der Waals surface area contributed by atoms with Gasteiger partial charge in [-0.1, -0.05) is 30.3 Å². The summed E-state index contributed by atoms with van der Waals surface area (Å²) in [5.74, 6) is 1.30. The molecule has 1 aliphatic heterocycles. The number of nitrogens with two attached hydrogens (primary N) is 1. The molecule has 28 heavy (non-hydrogen) atoms. The van der Waals surface area contributed by atoms with Crippen molar-refractivity contribution < 1.29 is 0 Å². The Labute approximate surface area is 164 Å². The summed E-state index contributed by atoms with van der Waals surface area (Å²) in [5.41, 5.74) is 14.4. The summed E-state index contributed by atoms with van der Waals surface area (Å²) in [6, 6.07) is 14.7. The molecule has 140 valence electrons. The number of nitrogen functional groups attached to an aromatic ring is 1. The first kappa shape index (κ1) is 16.8. The summed E-state index contributed by atoms with van der Waals surface area (Å²) in [6.07, 6.45) is 2.89. The van der Waals surface area contributed by atoms with Gasteiger partial charge in [0.2, 0.25) is 0 Å². The Morgan fingerprint density at radius 2 is 1.86 bits per heavy atom. The molecule has 0 bridgehead atoms. The Hall–Kier alpha value is -3.34. The molecule has 3 N–H and O–H groups in total. The van der Waals surface area contributed by atoms with E-state index in [0.29, 0.717) is 11.6 Å². The quantitative estimate of drug-likeness (QED) is 0.550. The minimum Gasteiger partial charge on any atom is -0.383 e. The molecule has 2 aromatic heterocycles. The van der Waals surface area contributed by atoms with Crippen molar-refractivity contribution in [2.24, 2.45) is 0 Å². The zero-order valence-corrected chi connectivity index (χ0v) is 16.2. The summed E-state index contributed by atoms with van der Waals surface area (Å²) in [7, 11) is 0. The molecule has 2 aromatic carbocycles. The van der Waals surface area contributed by atoms with Gasteiger partial charge in [0.1, 0.15) is 5.82 Å². The maximum atomic E-state index is 6.43. The Balaban J connectivity index is 1.57. The van der Waals surface area contributed by atoms with Gasteiger partial charge in [-0.2, -0.15) is 0 Å². The van der Waals surface area contributed by atoms with Gasteiger partial charge >= 0.3 is 0 Å². The molecular weight excluding hydrogens is 346 g/mol. The van der Waals surface area contributed by atoms with Gasteiger partial charge in [0, 0.05) is 53.4 Å². The molecule has 1 aliphatic rings. The van der Waals surface area contributed by atoms with Gasteiger partial charge in [-0.05, 0) is 37.1 Å². The van der Waals surface area contributed by atoms with E-state index in [1.807, 2.05) is 12.3 Å². The van der Waals surface area contributed by atoms with Crippen LogP contribution in [-0.2, 0) is 13.0 Å². The van der Waals surface area contributed by atoms with E-state index in [9.17, 15) is 0 Å². The number of benzene rings is 2. The van der Waals surface area contributed by atoms with E-state index < -0.39 is 0 Å². The SMILES string of the molecule is Cc1ccccc1N1CCc2nc(-c3cccc4[nH]cc(C)c34)nc(N)c2C1. The van der Waals surface area contributed by atoms with Gasteiger partial charge in [0.25, 0.3) is 0 Å². The number of H-pyrrole nitrogens is 1. The molecule has 4 aromatic rings. The van der Waals surface area contributed by atoms with E-state index in [0.717, 1.165) is 41.8 Å². The number of fused-ring (bicyclic) bond motifs is 2. The van der Waals surface area contributed by atoms with Gasteiger partial charge < -0.3 is 15.6 Å². The first-order valence-electron chi connectivity index (χ1n) is 9.64. The fraction of sp³-hybridized carbons (Fsp3) is 0.217. The van der Waals surface area contributed by atoms with Gasteiger partial charge in [0.05, 0.1) is 5.69 Å². The highest BCUT2D eigenvalue weighted by molar-refractivity contribution is 5.96. The number of aromatic amines is 1. The zero-order chi connectivity index (χ0) is 19.3. The van der Waals surface area contributed by atoms with Crippen LogP contribution in [-0.4, -0.2) is 21.5 Å². The van der Waals surface area contributed by atoms with Gasteiger partial charge in [-0.15, -0.1) is 0 Å². The van der Waals surface area contributed by atoms with Crippen molar-refractivity contribution in [3.8, 4) is 11.4 Å². The molecule has 0 unspecified atom stereocenters. The minimum atomic E-state index is 0.587. The van der Waals surface area contributed by atoms with Crippen LogP contribution in [0.15, 0.2) is 48.7 Å². The van der Waals surface area contributed by atoms with Crippen molar-refractivity contribution in [3.63, 3.8) is 0 Å². The second kappa shape index (κ2) is 6.37.